The van der Waals surface area contributed by atoms with E-state index in [0.717, 1.165) is 15.5 Å². The highest BCUT2D eigenvalue weighted by atomic mass is 79.9. The number of hydrogen-bond acceptors (Lipinski definition) is 8. The zero-order valence-electron chi connectivity index (χ0n) is 12.5. The van der Waals surface area contributed by atoms with Crippen LogP contribution in [0.4, 0.5) is 5.82 Å². The second-order valence-corrected chi connectivity index (χ2v) is 8.00. The smallest absolute Gasteiger partial charge is 0.316 e. The molecule has 0 bridgehead atoms. The molecule has 7 nitrogen and oxygen atoms in total. The molecule has 2 aromatic rings. The van der Waals surface area contributed by atoms with E-state index < -0.39 is 5.97 Å². The molecule has 0 aromatic carbocycles. The van der Waals surface area contributed by atoms with Gasteiger partial charge in [0.2, 0.25) is 11.7 Å². The van der Waals surface area contributed by atoms with Crippen LogP contribution in [0.3, 0.4) is 0 Å². The van der Waals surface area contributed by atoms with E-state index in [0.29, 0.717) is 16.5 Å². The maximum atomic E-state index is 11.8. The number of nitrogens with zero attached hydrogens (tertiary/aromatic N) is 1. The highest BCUT2D eigenvalue weighted by molar-refractivity contribution is 9.11. The van der Waals surface area contributed by atoms with E-state index in [4.69, 9.17) is 9.26 Å². The average molecular weight is 433 g/mol. The van der Waals surface area contributed by atoms with Crippen molar-refractivity contribution in [2.75, 3.05) is 23.4 Å². The van der Waals surface area contributed by atoms with Crippen molar-refractivity contribution in [2.24, 2.45) is 0 Å². The normalized spacial score (nSPS) is 10.4. The van der Waals surface area contributed by atoms with E-state index in [1.165, 1.54) is 11.3 Å². The van der Waals surface area contributed by atoms with Gasteiger partial charge in [0.1, 0.15) is 5.76 Å². The van der Waals surface area contributed by atoms with Crippen LogP contribution in [-0.4, -0.2) is 40.9 Å². The predicted octanol–water partition coefficient (Wildman–Crippen LogP) is 2.90. The van der Waals surface area contributed by atoms with Crippen LogP contribution in [0.5, 0.6) is 0 Å². The lowest BCUT2D eigenvalue weighted by atomic mass is 10.3. The van der Waals surface area contributed by atoms with E-state index in [1.807, 2.05) is 0 Å². The van der Waals surface area contributed by atoms with Crippen LogP contribution in [0.1, 0.15) is 15.4 Å². The maximum Gasteiger partial charge on any atom is 0.316 e. The van der Waals surface area contributed by atoms with Crippen molar-refractivity contribution in [1.29, 1.82) is 0 Å². The van der Waals surface area contributed by atoms with Crippen molar-refractivity contribution in [3.63, 3.8) is 0 Å². The molecule has 128 valence electrons. The van der Waals surface area contributed by atoms with Crippen molar-refractivity contribution in [3.05, 3.63) is 32.6 Å². The minimum absolute atomic E-state index is 0.0212. The number of thiophene rings is 1. The topological polar surface area (TPSA) is 98.5 Å². The zero-order chi connectivity index (χ0) is 17.5. The number of ketones is 1. The van der Waals surface area contributed by atoms with Crippen molar-refractivity contribution in [1.82, 2.24) is 5.16 Å². The molecule has 0 spiro atoms. The van der Waals surface area contributed by atoms with Crippen LogP contribution >= 0.6 is 39.0 Å². The molecule has 10 heteroatoms. The second-order valence-electron chi connectivity index (χ2n) is 4.55. The third-order valence-electron chi connectivity index (χ3n) is 2.56. The Morgan fingerprint density at radius 2 is 2.17 bits per heavy atom. The molecule has 0 fully saturated rings. The van der Waals surface area contributed by atoms with Crippen LogP contribution in [0.15, 0.2) is 26.5 Å². The molecule has 24 heavy (non-hydrogen) atoms. The molecule has 2 rings (SSSR count). The summed E-state index contributed by atoms with van der Waals surface area (Å²) in [6.07, 6.45) is 0. The molecule has 0 atom stereocenters. The first-order valence-corrected chi connectivity index (χ1v) is 9.45. The van der Waals surface area contributed by atoms with Crippen LogP contribution in [0.25, 0.3) is 0 Å². The van der Waals surface area contributed by atoms with Crippen molar-refractivity contribution >= 4 is 62.5 Å². The number of anilines is 1. The third kappa shape index (κ3) is 6.10. The number of aryl methyl sites for hydroxylation is 1. The Hall–Kier alpha value is -1.65. The Bertz CT molecular complexity index is 743. The lowest BCUT2D eigenvalue weighted by molar-refractivity contribution is -0.139. The molecule has 2 heterocycles. The number of rotatable bonds is 8. The Balaban J connectivity index is 1.62. The number of esters is 1. The number of halogens is 1. The Kier molecular flexibility index (Phi) is 7.00. The molecule has 0 saturated heterocycles. The highest BCUT2D eigenvalue weighted by Gasteiger charge is 2.13. The van der Waals surface area contributed by atoms with Crippen LogP contribution < -0.4 is 5.32 Å². The fraction of sp³-hybridized carbons (Fsp3) is 0.286. The molecular formula is C14H13BrN2O5S2. The lowest BCUT2D eigenvalue weighted by Gasteiger charge is -2.03. The number of thioether (sulfide) groups is 1. The van der Waals surface area contributed by atoms with Crippen molar-refractivity contribution < 1.29 is 23.6 Å². The zero-order valence-corrected chi connectivity index (χ0v) is 15.8. The minimum Gasteiger partial charge on any atom is -0.457 e. The van der Waals surface area contributed by atoms with Gasteiger partial charge >= 0.3 is 5.97 Å². The van der Waals surface area contributed by atoms with E-state index in [-0.39, 0.29) is 29.8 Å². The summed E-state index contributed by atoms with van der Waals surface area (Å²) >= 11 is 5.62. The number of aromatic nitrogens is 1. The fourth-order valence-electron chi connectivity index (χ4n) is 1.55. The molecule has 0 aliphatic rings. The molecule has 0 aliphatic heterocycles. The number of amides is 1. The van der Waals surface area contributed by atoms with Gasteiger partial charge in [0, 0.05) is 6.07 Å². The summed E-state index contributed by atoms with van der Waals surface area (Å²) < 4.78 is 10.5. The number of Topliss-reactive ketones (excluding diaryl/α,β-unsaturated/α-hetero) is 1. The molecular weight excluding hydrogens is 420 g/mol. The first kappa shape index (κ1) is 18.7. The fourth-order valence-corrected chi connectivity index (χ4v) is 3.47. The Morgan fingerprint density at radius 3 is 2.79 bits per heavy atom. The number of nitrogens with one attached hydrogen (secondary N) is 1. The lowest BCUT2D eigenvalue weighted by Crippen LogP contribution is -2.18. The van der Waals surface area contributed by atoms with Gasteiger partial charge in [-0.05, 0) is 35.0 Å². The van der Waals surface area contributed by atoms with Gasteiger partial charge in [-0.2, -0.15) is 0 Å². The molecule has 0 radical (unpaired) electrons. The summed E-state index contributed by atoms with van der Waals surface area (Å²) in [5, 5.41) is 6.17. The maximum absolute atomic E-state index is 11.8. The summed E-state index contributed by atoms with van der Waals surface area (Å²) in [7, 11) is 0. The predicted molar refractivity (Wildman–Crippen MR) is 94.5 cm³/mol. The van der Waals surface area contributed by atoms with Crippen molar-refractivity contribution in [2.45, 2.75) is 6.92 Å². The number of carbonyl (C=O) groups excluding carboxylic acids is 3. The summed E-state index contributed by atoms with van der Waals surface area (Å²) in [6, 6.07) is 5.01. The largest absolute Gasteiger partial charge is 0.457 e. The molecule has 0 saturated carbocycles. The monoisotopic (exact) mass is 432 g/mol. The molecule has 1 N–H and O–H groups in total. The minimum atomic E-state index is -0.547. The Labute approximate surface area is 154 Å². The van der Waals surface area contributed by atoms with E-state index in [9.17, 15) is 14.4 Å². The summed E-state index contributed by atoms with van der Waals surface area (Å²) in [5.41, 5.74) is 0. The van der Waals surface area contributed by atoms with Gasteiger partial charge in [0.25, 0.3) is 0 Å². The van der Waals surface area contributed by atoms with Gasteiger partial charge in [-0.25, -0.2) is 0 Å². The molecule has 2 aromatic heterocycles. The summed E-state index contributed by atoms with van der Waals surface area (Å²) in [6.45, 7) is 1.40. The van der Waals surface area contributed by atoms with E-state index in [2.05, 4.69) is 26.4 Å². The van der Waals surface area contributed by atoms with Crippen molar-refractivity contribution in [3.8, 4) is 0 Å². The number of carbonyl (C=O) groups is 3. The summed E-state index contributed by atoms with van der Waals surface area (Å²) in [5.74, 6) is -0.158. The number of ether oxygens (including phenoxy) is 1. The van der Waals surface area contributed by atoms with E-state index >= 15 is 0 Å². The van der Waals surface area contributed by atoms with Crippen LogP contribution in [-0.2, 0) is 14.3 Å². The second kappa shape index (κ2) is 9.00. The SMILES string of the molecule is Cc1cc(NC(=O)CSCC(=O)OCC(=O)c2ccc(Br)s2)no1. The van der Waals surface area contributed by atoms with Gasteiger partial charge < -0.3 is 14.6 Å². The van der Waals surface area contributed by atoms with Crippen LogP contribution in [0, 0.1) is 6.92 Å². The molecule has 0 unspecified atom stereocenters. The first-order valence-electron chi connectivity index (χ1n) is 6.69. The van der Waals surface area contributed by atoms with Gasteiger partial charge in [-0.1, -0.05) is 5.16 Å². The quantitative estimate of drug-likeness (QED) is 0.505. The third-order valence-corrected chi connectivity index (χ3v) is 5.13. The van der Waals surface area contributed by atoms with E-state index in [1.54, 1.807) is 25.1 Å². The van der Waals surface area contributed by atoms with Gasteiger partial charge in [-0.15, -0.1) is 23.1 Å². The standard InChI is InChI=1S/C14H13BrN2O5S2/c1-8-4-12(17-22-8)16-13(19)6-23-7-14(20)21-5-9(18)10-2-3-11(15)24-10/h2-4H,5-7H2,1H3,(H,16,17,19). The van der Waals surface area contributed by atoms with Gasteiger partial charge in [0.15, 0.2) is 12.4 Å². The molecule has 0 aliphatic carbocycles. The average Bonchev–Trinajstić information content (AvgIpc) is 3.13. The first-order chi connectivity index (χ1) is 11.4. The van der Waals surface area contributed by atoms with Crippen LogP contribution in [0.2, 0.25) is 0 Å². The number of hydrogen-bond donors (Lipinski definition) is 1. The Morgan fingerprint density at radius 1 is 1.38 bits per heavy atom. The highest BCUT2D eigenvalue weighted by Crippen LogP contribution is 2.22. The summed E-state index contributed by atoms with van der Waals surface area (Å²) in [4.78, 5) is 35.5. The van der Waals surface area contributed by atoms with Gasteiger partial charge in [-0.3, -0.25) is 14.4 Å². The molecule has 1 amide bonds. The van der Waals surface area contributed by atoms with Gasteiger partial charge in [0.05, 0.1) is 20.2 Å².